The molecule has 22 heavy (non-hydrogen) atoms. The highest BCUT2D eigenvalue weighted by Gasteiger charge is 2.22. The number of rotatable bonds is 2. The molecule has 0 saturated carbocycles. The molecule has 0 spiro atoms. The Morgan fingerprint density at radius 1 is 1.36 bits per heavy atom. The Kier molecular flexibility index (Phi) is 3.78. The van der Waals surface area contributed by atoms with Gasteiger partial charge in [-0.2, -0.15) is 0 Å². The number of piperidine rings is 1. The second kappa shape index (κ2) is 5.78. The fourth-order valence-electron chi connectivity index (χ4n) is 4.05. The summed E-state index contributed by atoms with van der Waals surface area (Å²) in [6.07, 6.45) is 7.24. The maximum absolute atomic E-state index is 12.6. The first-order valence-corrected chi connectivity index (χ1v) is 9.39. The number of thiazole rings is 1. The molecule has 1 aliphatic heterocycles. The summed E-state index contributed by atoms with van der Waals surface area (Å²) in [6, 6.07) is 1.78. The van der Waals surface area contributed by atoms with Crippen molar-refractivity contribution < 1.29 is 4.90 Å². The summed E-state index contributed by atoms with van der Waals surface area (Å²) in [6.45, 7) is 5.66. The highest BCUT2D eigenvalue weighted by atomic mass is 32.1. The van der Waals surface area contributed by atoms with E-state index in [0.29, 0.717) is 0 Å². The number of nitrogens with one attached hydrogen (secondary N) is 1. The summed E-state index contributed by atoms with van der Waals surface area (Å²) in [5.74, 6) is 0.794. The van der Waals surface area contributed by atoms with Gasteiger partial charge in [0.25, 0.3) is 5.56 Å². The van der Waals surface area contributed by atoms with Crippen molar-refractivity contribution in [1.82, 2.24) is 9.38 Å². The van der Waals surface area contributed by atoms with E-state index in [0.717, 1.165) is 36.0 Å². The van der Waals surface area contributed by atoms with Gasteiger partial charge in [0.05, 0.1) is 13.1 Å². The van der Waals surface area contributed by atoms with E-state index in [9.17, 15) is 4.79 Å². The summed E-state index contributed by atoms with van der Waals surface area (Å²) in [4.78, 5) is 21.3. The van der Waals surface area contributed by atoms with Gasteiger partial charge in [0.2, 0.25) is 0 Å². The lowest BCUT2D eigenvalue weighted by molar-refractivity contribution is -0.922. The molecule has 2 atom stereocenters. The van der Waals surface area contributed by atoms with Crippen molar-refractivity contribution in [3.8, 4) is 0 Å². The minimum absolute atomic E-state index is 0.129. The van der Waals surface area contributed by atoms with Crippen LogP contribution in [0.15, 0.2) is 10.9 Å². The van der Waals surface area contributed by atoms with Gasteiger partial charge < -0.3 is 4.90 Å². The fraction of sp³-hybridized carbons (Fsp3) is 0.647. The van der Waals surface area contributed by atoms with Crippen molar-refractivity contribution in [1.29, 1.82) is 0 Å². The largest absolute Gasteiger partial charge is 0.330 e. The van der Waals surface area contributed by atoms with Crippen molar-refractivity contribution in [2.24, 2.45) is 5.92 Å². The summed E-state index contributed by atoms with van der Waals surface area (Å²) in [5, 5.41) is 0. The molecule has 3 heterocycles. The van der Waals surface area contributed by atoms with Gasteiger partial charge in [-0.05, 0) is 38.5 Å². The fourth-order valence-corrected chi connectivity index (χ4v) is 5.28. The number of hydrogen-bond donors (Lipinski definition) is 1. The molecule has 2 aromatic heterocycles. The Morgan fingerprint density at radius 2 is 2.23 bits per heavy atom. The summed E-state index contributed by atoms with van der Waals surface area (Å²) >= 11 is 1.73. The van der Waals surface area contributed by atoms with E-state index >= 15 is 0 Å². The summed E-state index contributed by atoms with van der Waals surface area (Å²) in [7, 11) is 0. The smallest absolute Gasteiger partial charge is 0.259 e. The molecule has 4 nitrogen and oxygen atoms in total. The van der Waals surface area contributed by atoms with E-state index < -0.39 is 0 Å². The first-order valence-electron chi connectivity index (χ1n) is 8.57. The number of hydrogen-bond acceptors (Lipinski definition) is 3. The molecule has 1 N–H and O–H groups in total. The van der Waals surface area contributed by atoms with Crippen LogP contribution in [0.3, 0.4) is 0 Å². The van der Waals surface area contributed by atoms with Gasteiger partial charge in [-0.1, -0.05) is 6.92 Å². The molecule has 1 fully saturated rings. The number of quaternary nitrogens is 1. The van der Waals surface area contributed by atoms with Gasteiger partial charge in [-0.15, -0.1) is 11.3 Å². The van der Waals surface area contributed by atoms with Gasteiger partial charge in [0, 0.05) is 22.6 Å². The van der Waals surface area contributed by atoms with E-state index in [1.165, 1.54) is 49.3 Å². The molecular weight excluding hydrogens is 294 g/mol. The minimum Gasteiger partial charge on any atom is -0.330 e. The molecule has 0 radical (unpaired) electrons. The molecule has 118 valence electrons. The summed E-state index contributed by atoms with van der Waals surface area (Å²) in [5.41, 5.74) is 2.34. The van der Waals surface area contributed by atoms with E-state index in [1.807, 2.05) is 4.40 Å². The Bertz CT molecular complexity index is 748. The van der Waals surface area contributed by atoms with Crippen molar-refractivity contribution in [2.75, 3.05) is 13.1 Å². The average Bonchev–Trinajstić information content (AvgIpc) is 2.85. The van der Waals surface area contributed by atoms with Gasteiger partial charge in [-0.25, -0.2) is 4.98 Å². The summed E-state index contributed by atoms with van der Waals surface area (Å²) < 4.78 is 1.87. The standard InChI is InChI=1S/C17H23N3OS/c1-12-5-4-8-19(10-12)11-13-9-16(21)20-14-6-2-3-7-15(14)22-17(20)18-13/h9,12H,2-8,10-11H2,1H3/p+1/t12-/m1/s1. The Morgan fingerprint density at radius 3 is 3.09 bits per heavy atom. The zero-order valence-corrected chi connectivity index (χ0v) is 14.0. The van der Waals surface area contributed by atoms with Crippen LogP contribution in [0.5, 0.6) is 0 Å². The Balaban J connectivity index is 1.67. The number of aromatic nitrogens is 2. The first-order chi connectivity index (χ1) is 10.7. The number of likely N-dealkylation sites (tertiary alicyclic amines) is 1. The highest BCUT2D eigenvalue weighted by Crippen LogP contribution is 2.28. The first kappa shape index (κ1) is 14.4. The monoisotopic (exact) mass is 318 g/mol. The maximum atomic E-state index is 12.6. The van der Waals surface area contributed by atoms with Gasteiger partial charge in [0.15, 0.2) is 4.96 Å². The minimum atomic E-state index is 0.129. The van der Waals surface area contributed by atoms with Crippen LogP contribution in [0.25, 0.3) is 4.96 Å². The third-order valence-electron chi connectivity index (χ3n) is 5.11. The molecular formula is C17H24N3OS+. The van der Waals surface area contributed by atoms with E-state index in [1.54, 1.807) is 22.3 Å². The van der Waals surface area contributed by atoms with Crippen LogP contribution < -0.4 is 10.5 Å². The average molecular weight is 318 g/mol. The van der Waals surface area contributed by atoms with Crippen molar-refractivity contribution in [3.05, 3.63) is 32.7 Å². The topological polar surface area (TPSA) is 38.8 Å². The van der Waals surface area contributed by atoms with Gasteiger partial charge in [-0.3, -0.25) is 9.20 Å². The lowest BCUT2D eigenvalue weighted by Gasteiger charge is -2.27. The van der Waals surface area contributed by atoms with Crippen LogP contribution in [0.1, 0.15) is 48.9 Å². The SMILES string of the molecule is C[C@@H]1CCC[NH+](Cc2cc(=O)n3c4c(sc3n2)CCCC4)C1. The molecule has 0 bridgehead atoms. The predicted octanol–water partition coefficient (Wildman–Crippen LogP) is 1.45. The van der Waals surface area contributed by atoms with E-state index in [4.69, 9.17) is 4.98 Å². The lowest BCUT2D eigenvalue weighted by Crippen LogP contribution is -3.12. The zero-order valence-electron chi connectivity index (χ0n) is 13.2. The maximum Gasteiger partial charge on any atom is 0.259 e. The van der Waals surface area contributed by atoms with Crippen LogP contribution in [0, 0.1) is 5.92 Å². The van der Waals surface area contributed by atoms with Crippen molar-refractivity contribution in [2.45, 2.75) is 52.0 Å². The van der Waals surface area contributed by atoms with Crippen molar-refractivity contribution in [3.63, 3.8) is 0 Å². The van der Waals surface area contributed by atoms with Crippen LogP contribution in [-0.4, -0.2) is 22.5 Å². The molecule has 2 aliphatic rings. The van der Waals surface area contributed by atoms with Gasteiger partial charge >= 0.3 is 0 Å². The number of aryl methyl sites for hydroxylation is 2. The van der Waals surface area contributed by atoms with Crippen LogP contribution in [0.2, 0.25) is 0 Å². The second-order valence-corrected chi connectivity index (χ2v) is 8.07. The van der Waals surface area contributed by atoms with E-state index in [-0.39, 0.29) is 5.56 Å². The van der Waals surface area contributed by atoms with Gasteiger partial charge in [0.1, 0.15) is 12.2 Å². The number of nitrogens with zero attached hydrogens (tertiary/aromatic N) is 2. The lowest BCUT2D eigenvalue weighted by atomic mass is 10.0. The Hall–Kier alpha value is -1.20. The van der Waals surface area contributed by atoms with Crippen LogP contribution >= 0.6 is 11.3 Å². The molecule has 5 heteroatoms. The molecule has 0 aromatic carbocycles. The quantitative estimate of drug-likeness (QED) is 0.910. The molecule has 4 rings (SSSR count). The predicted molar refractivity (Wildman–Crippen MR) is 88.8 cm³/mol. The molecule has 2 aromatic rings. The van der Waals surface area contributed by atoms with Crippen LogP contribution in [0.4, 0.5) is 0 Å². The highest BCUT2D eigenvalue weighted by molar-refractivity contribution is 7.17. The number of fused-ring (bicyclic) bond motifs is 3. The second-order valence-electron chi connectivity index (χ2n) is 7.01. The molecule has 1 saturated heterocycles. The third kappa shape index (κ3) is 2.61. The zero-order chi connectivity index (χ0) is 15.1. The molecule has 1 unspecified atom stereocenters. The Labute approximate surface area is 134 Å². The van der Waals surface area contributed by atoms with Crippen LogP contribution in [-0.2, 0) is 19.4 Å². The normalized spacial score (nSPS) is 25.3. The molecule has 0 amide bonds. The van der Waals surface area contributed by atoms with Crippen molar-refractivity contribution >= 4 is 16.3 Å². The van der Waals surface area contributed by atoms with E-state index in [2.05, 4.69) is 6.92 Å². The third-order valence-corrected chi connectivity index (χ3v) is 6.25. The molecule has 1 aliphatic carbocycles.